The highest BCUT2D eigenvalue weighted by Gasteiger charge is 2.25. The van der Waals surface area contributed by atoms with E-state index in [9.17, 15) is 9.59 Å². The molecule has 3 rings (SSSR count). The van der Waals surface area contributed by atoms with Crippen molar-refractivity contribution in [2.45, 2.75) is 19.4 Å². The third-order valence-electron chi connectivity index (χ3n) is 3.84. The monoisotopic (exact) mass is 371 g/mol. The number of benzene rings is 2. The molecule has 7 heteroatoms. The molecule has 1 unspecified atom stereocenters. The summed E-state index contributed by atoms with van der Waals surface area (Å²) < 4.78 is 5.62. The normalized spacial score (nSPS) is 16.5. The molecule has 0 fully saturated rings. The van der Waals surface area contributed by atoms with Crippen LogP contribution in [0.5, 0.6) is 5.75 Å². The molecule has 26 heavy (non-hydrogen) atoms. The molecule has 0 spiro atoms. The minimum Gasteiger partial charge on any atom is -0.494 e. The van der Waals surface area contributed by atoms with Crippen LogP contribution >= 0.6 is 11.6 Å². The van der Waals surface area contributed by atoms with E-state index in [1.165, 1.54) is 0 Å². The summed E-state index contributed by atoms with van der Waals surface area (Å²) in [5.41, 5.74) is 1.23. The lowest BCUT2D eigenvalue weighted by Crippen LogP contribution is -2.47. The molecule has 1 aliphatic rings. The van der Waals surface area contributed by atoms with E-state index in [-0.39, 0.29) is 24.2 Å². The summed E-state index contributed by atoms with van der Waals surface area (Å²) in [6, 6.07) is 13.5. The quantitative estimate of drug-likeness (QED) is 0.866. The second-order valence-corrected chi connectivity index (χ2v) is 6.11. The van der Waals surface area contributed by atoms with Crippen LogP contribution in [0, 0.1) is 0 Å². The third kappa shape index (κ3) is 4.21. The molecule has 1 atom stereocenters. The maximum atomic E-state index is 12.3. The number of para-hydroxylation sites is 1. The average Bonchev–Trinajstić information content (AvgIpc) is 2.62. The van der Waals surface area contributed by atoms with E-state index in [0.29, 0.717) is 22.9 Å². The first-order valence-corrected chi connectivity index (χ1v) is 8.61. The van der Waals surface area contributed by atoms with E-state index in [2.05, 4.69) is 15.6 Å². The molecule has 2 amide bonds. The van der Waals surface area contributed by atoms with Gasteiger partial charge in [0.25, 0.3) is 5.91 Å². The van der Waals surface area contributed by atoms with Crippen LogP contribution in [-0.2, 0) is 4.79 Å². The Morgan fingerprint density at radius 2 is 2.00 bits per heavy atom. The average molecular weight is 372 g/mol. The minimum absolute atomic E-state index is 0.123. The fraction of sp³-hybridized carbons (Fsp3) is 0.211. The molecule has 0 saturated carbocycles. The van der Waals surface area contributed by atoms with Gasteiger partial charge in [0, 0.05) is 16.1 Å². The van der Waals surface area contributed by atoms with Gasteiger partial charge >= 0.3 is 0 Å². The van der Waals surface area contributed by atoms with Gasteiger partial charge in [-0.25, -0.2) is 4.99 Å². The van der Waals surface area contributed by atoms with E-state index in [1.54, 1.807) is 24.3 Å². The SMILES string of the molecule is CCOc1ccccc1C1CC(=O)NC(NC(=O)c2ccc(Cl)cc2)=N1. The second-order valence-electron chi connectivity index (χ2n) is 5.68. The molecule has 6 nitrogen and oxygen atoms in total. The molecule has 134 valence electrons. The lowest BCUT2D eigenvalue weighted by Gasteiger charge is -2.23. The zero-order valence-corrected chi connectivity index (χ0v) is 14.9. The second kappa shape index (κ2) is 8.01. The number of rotatable bonds is 4. The fourth-order valence-corrected chi connectivity index (χ4v) is 2.79. The molecule has 0 saturated heterocycles. The number of hydrogen-bond acceptors (Lipinski definition) is 4. The first kappa shape index (κ1) is 17.9. The summed E-state index contributed by atoms with van der Waals surface area (Å²) in [6.07, 6.45) is 0.185. The van der Waals surface area contributed by atoms with Crippen LogP contribution in [0.25, 0.3) is 0 Å². The van der Waals surface area contributed by atoms with Gasteiger partial charge in [-0.3, -0.25) is 20.2 Å². The van der Waals surface area contributed by atoms with Crippen molar-refractivity contribution in [2.24, 2.45) is 4.99 Å². The zero-order valence-electron chi connectivity index (χ0n) is 14.2. The molecule has 0 aliphatic carbocycles. The smallest absolute Gasteiger partial charge is 0.257 e. The fourth-order valence-electron chi connectivity index (χ4n) is 2.66. The summed E-state index contributed by atoms with van der Waals surface area (Å²) in [7, 11) is 0. The minimum atomic E-state index is -0.424. The molecule has 1 aliphatic heterocycles. The van der Waals surface area contributed by atoms with Crippen molar-refractivity contribution in [1.82, 2.24) is 10.6 Å². The first-order chi connectivity index (χ1) is 12.6. The number of guanidine groups is 1. The summed E-state index contributed by atoms with van der Waals surface area (Å²) in [4.78, 5) is 28.9. The van der Waals surface area contributed by atoms with Crippen LogP contribution in [-0.4, -0.2) is 24.4 Å². The highest BCUT2D eigenvalue weighted by atomic mass is 35.5. The van der Waals surface area contributed by atoms with Gasteiger partial charge in [-0.2, -0.15) is 0 Å². The number of ether oxygens (including phenoxy) is 1. The van der Waals surface area contributed by atoms with Crippen molar-refractivity contribution >= 4 is 29.4 Å². The first-order valence-electron chi connectivity index (χ1n) is 8.23. The van der Waals surface area contributed by atoms with E-state index < -0.39 is 6.04 Å². The number of carbonyl (C=O) groups is 2. The van der Waals surface area contributed by atoms with Crippen LogP contribution in [0.2, 0.25) is 5.02 Å². The van der Waals surface area contributed by atoms with Crippen molar-refractivity contribution in [1.29, 1.82) is 0 Å². The Balaban J connectivity index is 1.82. The standard InChI is InChI=1S/C19H18ClN3O3/c1-2-26-16-6-4-3-5-14(16)15-11-17(24)22-19(21-15)23-18(25)12-7-9-13(20)10-8-12/h3-10,15H,2,11H2,1H3,(H2,21,22,23,24,25). The summed E-state index contributed by atoms with van der Waals surface area (Å²) in [6.45, 7) is 2.41. The van der Waals surface area contributed by atoms with Crippen LogP contribution < -0.4 is 15.4 Å². The Kier molecular flexibility index (Phi) is 5.53. The van der Waals surface area contributed by atoms with E-state index >= 15 is 0 Å². The molecule has 0 aromatic heterocycles. The number of halogens is 1. The number of amides is 2. The van der Waals surface area contributed by atoms with Crippen molar-refractivity contribution in [3.05, 3.63) is 64.7 Å². The Morgan fingerprint density at radius 3 is 2.73 bits per heavy atom. The van der Waals surface area contributed by atoms with Crippen LogP contribution in [0.15, 0.2) is 53.5 Å². The largest absolute Gasteiger partial charge is 0.494 e. The molecule has 2 aromatic carbocycles. The van der Waals surface area contributed by atoms with Crippen molar-refractivity contribution < 1.29 is 14.3 Å². The van der Waals surface area contributed by atoms with E-state index in [4.69, 9.17) is 16.3 Å². The summed E-state index contributed by atoms with van der Waals surface area (Å²) in [5.74, 6) is 0.210. The highest BCUT2D eigenvalue weighted by molar-refractivity contribution is 6.30. The topological polar surface area (TPSA) is 79.8 Å². The number of nitrogens with one attached hydrogen (secondary N) is 2. The van der Waals surface area contributed by atoms with Crippen LogP contribution in [0.4, 0.5) is 0 Å². The molecule has 0 bridgehead atoms. The van der Waals surface area contributed by atoms with E-state index in [0.717, 1.165) is 5.56 Å². The molecule has 1 heterocycles. The van der Waals surface area contributed by atoms with Gasteiger partial charge in [0.1, 0.15) is 5.75 Å². The van der Waals surface area contributed by atoms with Gasteiger partial charge in [0.2, 0.25) is 11.9 Å². The number of hydrogen-bond donors (Lipinski definition) is 2. The molecule has 2 N–H and O–H groups in total. The lowest BCUT2D eigenvalue weighted by atomic mass is 10.0. The van der Waals surface area contributed by atoms with Gasteiger partial charge in [-0.1, -0.05) is 29.8 Å². The highest BCUT2D eigenvalue weighted by Crippen LogP contribution is 2.31. The van der Waals surface area contributed by atoms with Gasteiger partial charge in [0.15, 0.2) is 0 Å². The molecular formula is C19H18ClN3O3. The van der Waals surface area contributed by atoms with Gasteiger partial charge in [-0.05, 0) is 37.3 Å². The zero-order chi connectivity index (χ0) is 18.5. The summed E-state index contributed by atoms with van der Waals surface area (Å²) in [5, 5.41) is 5.76. The summed E-state index contributed by atoms with van der Waals surface area (Å²) >= 11 is 5.83. The number of nitrogens with zero attached hydrogens (tertiary/aromatic N) is 1. The van der Waals surface area contributed by atoms with Crippen molar-refractivity contribution in [3.63, 3.8) is 0 Å². The Bertz CT molecular complexity index is 849. The van der Waals surface area contributed by atoms with Crippen molar-refractivity contribution in [3.8, 4) is 5.75 Å². The molecule has 2 aromatic rings. The molecule has 0 radical (unpaired) electrons. The lowest BCUT2D eigenvalue weighted by molar-refractivity contribution is -0.120. The molecular weight excluding hydrogens is 354 g/mol. The maximum Gasteiger partial charge on any atom is 0.257 e. The number of aliphatic imine (C=N–C) groups is 1. The predicted molar refractivity (Wildman–Crippen MR) is 99.5 cm³/mol. The Hall–Kier alpha value is -2.86. The van der Waals surface area contributed by atoms with Gasteiger partial charge in [-0.15, -0.1) is 0 Å². The predicted octanol–water partition coefficient (Wildman–Crippen LogP) is 3.09. The van der Waals surface area contributed by atoms with Gasteiger partial charge in [0.05, 0.1) is 19.1 Å². The Morgan fingerprint density at radius 1 is 1.27 bits per heavy atom. The van der Waals surface area contributed by atoms with Gasteiger partial charge < -0.3 is 4.74 Å². The third-order valence-corrected chi connectivity index (χ3v) is 4.09. The van der Waals surface area contributed by atoms with Crippen LogP contribution in [0.1, 0.15) is 35.3 Å². The Labute approximate surface area is 156 Å². The van der Waals surface area contributed by atoms with Crippen molar-refractivity contribution in [2.75, 3.05) is 6.61 Å². The number of carbonyl (C=O) groups excluding carboxylic acids is 2. The van der Waals surface area contributed by atoms with E-state index in [1.807, 2.05) is 31.2 Å². The maximum absolute atomic E-state index is 12.3. The van der Waals surface area contributed by atoms with Crippen LogP contribution in [0.3, 0.4) is 0 Å².